The molecule has 0 spiro atoms. The maximum atomic E-state index is 13.3. The molecule has 0 N–H and O–H groups in total. The zero-order valence-corrected chi connectivity index (χ0v) is 19.1. The van der Waals surface area contributed by atoms with Gasteiger partial charge in [-0.1, -0.05) is 60.3 Å². The number of para-hydroxylation sites is 1. The first-order valence-electron chi connectivity index (χ1n) is 10.8. The Hall–Kier alpha value is -4.04. The van der Waals surface area contributed by atoms with Crippen molar-refractivity contribution in [3.05, 3.63) is 109 Å². The Morgan fingerprint density at radius 1 is 0.794 bits per heavy atom. The Kier molecular flexibility index (Phi) is 6.58. The van der Waals surface area contributed by atoms with E-state index >= 15 is 0 Å². The first kappa shape index (κ1) is 21.8. The number of furan rings is 2. The highest BCUT2D eigenvalue weighted by Gasteiger charge is 2.21. The quantitative estimate of drug-likeness (QED) is 0.267. The minimum atomic E-state index is -0.0540. The summed E-state index contributed by atoms with van der Waals surface area (Å²) in [6.07, 6.45) is 3.21. The Morgan fingerprint density at radius 2 is 1.41 bits per heavy atom. The Balaban J connectivity index is 1.39. The number of thioether (sulfide) groups is 1. The van der Waals surface area contributed by atoms with Crippen LogP contribution in [0.25, 0.3) is 17.1 Å². The predicted octanol–water partition coefficient (Wildman–Crippen LogP) is 5.44. The van der Waals surface area contributed by atoms with Crippen molar-refractivity contribution >= 4 is 17.7 Å². The van der Waals surface area contributed by atoms with Gasteiger partial charge in [-0.05, 0) is 36.4 Å². The molecule has 8 heteroatoms. The zero-order valence-electron chi connectivity index (χ0n) is 18.3. The van der Waals surface area contributed by atoms with Crippen molar-refractivity contribution < 1.29 is 13.6 Å². The van der Waals surface area contributed by atoms with Crippen molar-refractivity contribution in [1.29, 1.82) is 0 Å². The fraction of sp³-hybridized carbons (Fsp3) is 0.115. The maximum absolute atomic E-state index is 13.3. The van der Waals surface area contributed by atoms with Gasteiger partial charge in [0.2, 0.25) is 5.91 Å². The van der Waals surface area contributed by atoms with Crippen molar-refractivity contribution in [2.75, 3.05) is 5.75 Å². The third-order valence-corrected chi connectivity index (χ3v) is 6.12. The average Bonchev–Trinajstić information content (AvgIpc) is 3.66. The molecule has 7 nitrogen and oxygen atoms in total. The maximum Gasteiger partial charge on any atom is 0.233 e. The standard InChI is InChI=1S/C26H22N4O3S/c31-24(29(17-22-13-7-15-32-22)18-23-14-8-16-33-23)19-34-26-28-27-25(20-9-3-1-4-10-20)30(26)21-11-5-2-6-12-21/h1-16H,17-19H2. The summed E-state index contributed by atoms with van der Waals surface area (Å²) >= 11 is 1.36. The SMILES string of the molecule is O=C(CSc1nnc(-c2ccccc2)n1-c1ccccc1)N(Cc1ccco1)Cc1ccco1. The highest BCUT2D eigenvalue weighted by atomic mass is 32.2. The molecule has 0 aliphatic heterocycles. The lowest BCUT2D eigenvalue weighted by Gasteiger charge is -2.20. The van der Waals surface area contributed by atoms with E-state index in [1.807, 2.05) is 89.5 Å². The number of hydrogen-bond donors (Lipinski definition) is 0. The van der Waals surface area contributed by atoms with E-state index in [-0.39, 0.29) is 11.7 Å². The zero-order chi connectivity index (χ0) is 23.2. The van der Waals surface area contributed by atoms with Gasteiger partial charge >= 0.3 is 0 Å². The molecule has 2 aromatic carbocycles. The number of carbonyl (C=O) groups is 1. The smallest absolute Gasteiger partial charge is 0.233 e. The van der Waals surface area contributed by atoms with Crippen LogP contribution in [0.4, 0.5) is 0 Å². The van der Waals surface area contributed by atoms with Crippen LogP contribution in [-0.2, 0) is 17.9 Å². The van der Waals surface area contributed by atoms with E-state index in [4.69, 9.17) is 8.83 Å². The van der Waals surface area contributed by atoms with E-state index in [2.05, 4.69) is 10.2 Å². The van der Waals surface area contributed by atoms with Crippen LogP contribution in [0.15, 0.2) is 111 Å². The van der Waals surface area contributed by atoms with Crippen molar-refractivity contribution in [2.24, 2.45) is 0 Å². The topological polar surface area (TPSA) is 77.3 Å². The van der Waals surface area contributed by atoms with E-state index in [1.165, 1.54) is 11.8 Å². The van der Waals surface area contributed by atoms with Gasteiger partial charge in [0.15, 0.2) is 11.0 Å². The second-order valence-corrected chi connectivity index (χ2v) is 8.48. The summed E-state index contributed by atoms with van der Waals surface area (Å²) in [7, 11) is 0. The number of rotatable bonds is 9. The van der Waals surface area contributed by atoms with E-state index in [0.29, 0.717) is 29.8 Å². The van der Waals surface area contributed by atoms with Crippen molar-refractivity contribution in [3.8, 4) is 17.1 Å². The molecule has 0 aliphatic carbocycles. The van der Waals surface area contributed by atoms with E-state index in [1.54, 1.807) is 17.4 Å². The van der Waals surface area contributed by atoms with Crippen LogP contribution in [0.3, 0.4) is 0 Å². The second kappa shape index (κ2) is 10.3. The molecule has 3 heterocycles. The minimum absolute atomic E-state index is 0.0540. The molecule has 5 aromatic rings. The molecule has 34 heavy (non-hydrogen) atoms. The van der Waals surface area contributed by atoms with Gasteiger partial charge < -0.3 is 13.7 Å². The lowest BCUT2D eigenvalue weighted by molar-refractivity contribution is -0.130. The number of nitrogens with zero attached hydrogens (tertiary/aromatic N) is 4. The summed E-state index contributed by atoms with van der Waals surface area (Å²) < 4.78 is 12.9. The van der Waals surface area contributed by atoms with Gasteiger partial charge in [0.05, 0.1) is 31.4 Å². The van der Waals surface area contributed by atoms with Gasteiger partial charge in [-0.3, -0.25) is 9.36 Å². The molecule has 3 aromatic heterocycles. The van der Waals surface area contributed by atoms with Crippen molar-refractivity contribution in [3.63, 3.8) is 0 Å². The van der Waals surface area contributed by atoms with Crippen LogP contribution < -0.4 is 0 Å². The third kappa shape index (κ3) is 4.97. The van der Waals surface area contributed by atoms with Gasteiger partial charge in [0, 0.05) is 11.3 Å². The van der Waals surface area contributed by atoms with Crippen LogP contribution >= 0.6 is 11.8 Å². The largest absolute Gasteiger partial charge is 0.467 e. The first-order valence-corrected chi connectivity index (χ1v) is 11.8. The van der Waals surface area contributed by atoms with Crippen molar-refractivity contribution in [1.82, 2.24) is 19.7 Å². The van der Waals surface area contributed by atoms with E-state index in [0.717, 1.165) is 17.1 Å². The summed E-state index contributed by atoms with van der Waals surface area (Å²) in [4.78, 5) is 15.0. The van der Waals surface area contributed by atoms with Crippen LogP contribution in [0, 0.1) is 0 Å². The van der Waals surface area contributed by atoms with Crippen LogP contribution in [0.5, 0.6) is 0 Å². The molecule has 0 atom stereocenters. The molecule has 0 bridgehead atoms. The highest BCUT2D eigenvalue weighted by Crippen LogP contribution is 2.28. The van der Waals surface area contributed by atoms with Gasteiger partial charge in [-0.15, -0.1) is 10.2 Å². The lowest BCUT2D eigenvalue weighted by atomic mass is 10.2. The molecule has 170 valence electrons. The van der Waals surface area contributed by atoms with Gasteiger partial charge in [-0.25, -0.2) is 0 Å². The monoisotopic (exact) mass is 470 g/mol. The summed E-state index contributed by atoms with van der Waals surface area (Å²) in [6.45, 7) is 0.710. The molecule has 0 radical (unpaired) electrons. The lowest BCUT2D eigenvalue weighted by Crippen LogP contribution is -2.31. The number of benzene rings is 2. The Morgan fingerprint density at radius 3 is 2.00 bits per heavy atom. The van der Waals surface area contributed by atoms with Gasteiger partial charge in [-0.2, -0.15) is 0 Å². The molecule has 0 fully saturated rings. The normalized spacial score (nSPS) is 10.9. The third-order valence-electron chi connectivity index (χ3n) is 5.21. The molecule has 0 aliphatic rings. The molecule has 0 saturated heterocycles. The fourth-order valence-corrected chi connectivity index (χ4v) is 4.43. The average molecular weight is 471 g/mol. The first-order chi connectivity index (χ1) is 16.8. The second-order valence-electron chi connectivity index (χ2n) is 7.54. The van der Waals surface area contributed by atoms with Crippen molar-refractivity contribution in [2.45, 2.75) is 18.2 Å². The molecule has 5 rings (SSSR count). The van der Waals surface area contributed by atoms with Gasteiger partial charge in [0.1, 0.15) is 11.5 Å². The fourth-order valence-electron chi connectivity index (χ4n) is 3.58. The molecular weight excluding hydrogens is 448 g/mol. The summed E-state index contributed by atoms with van der Waals surface area (Å²) in [5, 5.41) is 9.51. The number of carbonyl (C=O) groups excluding carboxylic acids is 1. The summed E-state index contributed by atoms with van der Waals surface area (Å²) in [5.41, 5.74) is 1.89. The minimum Gasteiger partial charge on any atom is -0.467 e. The summed E-state index contributed by atoms with van der Waals surface area (Å²) in [5.74, 6) is 2.29. The van der Waals surface area contributed by atoms with E-state index in [9.17, 15) is 4.79 Å². The Bertz CT molecular complexity index is 1280. The van der Waals surface area contributed by atoms with Gasteiger partial charge in [0.25, 0.3) is 0 Å². The number of aromatic nitrogens is 3. The highest BCUT2D eigenvalue weighted by molar-refractivity contribution is 7.99. The summed E-state index contributed by atoms with van der Waals surface area (Å²) in [6, 6.07) is 27.1. The van der Waals surface area contributed by atoms with Crippen LogP contribution in [0.1, 0.15) is 11.5 Å². The molecule has 0 unspecified atom stereocenters. The van der Waals surface area contributed by atoms with Crippen LogP contribution in [0.2, 0.25) is 0 Å². The predicted molar refractivity (Wildman–Crippen MR) is 129 cm³/mol. The molecule has 1 amide bonds. The number of hydrogen-bond acceptors (Lipinski definition) is 6. The van der Waals surface area contributed by atoms with Crippen LogP contribution in [-0.4, -0.2) is 31.3 Å². The molecular formula is C26H22N4O3S. The van der Waals surface area contributed by atoms with E-state index < -0.39 is 0 Å². The molecule has 0 saturated carbocycles. The Labute approximate surface area is 201 Å². The number of amides is 1.